The number of ketones is 1. The number of carbonyl (C=O) groups is 2. The molecule has 6 heteroatoms. The van der Waals surface area contributed by atoms with Gasteiger partial charge in [-0.2, -0.15) is 0 Å². The minimum absolute atomic E-state index is 0.00574. The zero-order valence-electron chi connectivity index (χ0n) is 14.2. The average molecular weight is 369 g/mol. The molecule has 134 valence electrons. The number of Topliss-reactive ketones (excluding diaryl/α,β-unsaturated/α-hetero) is 1. The molecule has 1 fully saturated rings. The first-order valence-electron chi connectivity index (χ1n) is 8.56. The summed E-state index contributed by atoms with van der Waals surface area (Å²) in [7, 11) is 0. The number of aryl methyl sites for hydroxylation is 1. The number of rotatable bonds is 6. The highest BCUT2D eigenvalue weighted by Crippen LogP contribution is 2.33. The first-order chi connectivity index (χ1) is 12.7. The number of ether oxygens (including phenoxy) is 2. The van der Waals surface area contributed by atoms with E-state index in [1.165, 1.54) is 17.3 Å². The molecule has 1 amide bonds. The van der Waals surface area contributed by atoms with Gasteiger partial charge in [-0.15, -0.1) is 11.8 Å². The fraction of sp³-hybridized carbons (Fsp3) is 0.300. The van der Waals surface area contributed by atoms with Crippen molar-refractivity contribution in [2.75, 3.05) is 19.1 Å². The van der Waals surface area contributed by atoms with E-state index in [4.69, 9.17) is 9.47 Å². The van der Waals surface area contributed by atoms with Gasteiger partial charge >= 0.3 is 0 Å². The van der Waals surface area contributed by atoms with E-state index >= 15 is 0 Å². The highest BCUT2D eigenvalue weighted by atomic mass is 32.2. The number of hydrogen-bond acceptors (Lipinski definition) is 5. The molecule has 0 aromatic heterocycles. The van der Waals surface area contributed by atoms with Gasteiger partial charge in [0.15, 0.2) is 17.3 Å². The number of nitrogens with zero attached hydrogens (tertiary/aromatic N) is 1. The molecule has 4 rings (SSSR count). The summed E-state index contributed by atoms with van der Waals surface area (Å²) < 4.78 is 10.7. The summed E-state index contributed by atoms with van der Waals surface area (Å²) in [5.74, 6) is 2.06. The predicted molar refractivity (Wildman–Crippen MR) is 99.4 cm³/mol. The van der Waals surface area contributed by atoms with E-state index in [-0.39, 0.29) is 25.0 Å². The van der Waals surface area contributed by atoms with E-state index < -0.39 is 5.25 Å². The predicted octanol–water partition coefficient (Wildman–Crippen LogP) is 2.67. The summed E-state index contributed by atoms with van der Waals surface area (Å²) >= 11 is 1.44. The highest BCUT2D eigenvalue weighted by Gasteiger charge is 2.39. The smallest absolute Gasteiger partial charge is 0.244 e. The van der Waals surface area contributed by atoms with E-state index in [0.717, 1.165) is 17.7 Å². The molecular formula is C20H19NO4S. The summed E-state index contributed by atoms with van der Waals surface area (Å²) in [5.41, 5.74) is 2.15. The third kappa shape index (κ3) is 3.55. The van der Waals surface area contributed by atoms with Crippen molar-refractivity contribution in [1.82, 2.24) is 4.90 Å². The Kier molecular flexibility index (Phi) is 4.84. The average Bonchev–Trinajstić information content (AvgIpc) is 3.22. The Labute approximate surface area is 156 Å². The van der Waals surface area contributed by atoms with E-state index in [1.807, 2.05) is 36.4 Å². The second kappa shape index (κ2) is 7.41. The third-order valence-corrected chi connectivity index (χ3v) is 5.74. The second-order valence-electron chi connectivity index (χ2n) is 6.33. The van der Waals surface area contributed by atoms with Crippen molar-refractivity contribution in [2.24, 2.45) is 0 Å². The number of likely N-dealkylation sites (tertiary alicyclic amines) is 1. The van der Waals surface area contributed by atoms with Crippen LogP contribution in [0.4, 0.5) is 0 Å². The van der Waals surface area contributed by atoms with E-state index in [1.54, 1.807) is 4.90 Å². The van der Waals surface area contributed by atoms with Gasteiger partial charge in [0.05, 0.1) is 6.54 Å². The summed E-state index contributed by atoms with van der Waals surface area (Å²) in [6.07, 6.45) is 0.852. The maximum Gasteiger partial charge on any atom is 0.244 e. The van der Waals surface area contributed by atoms with Crippen molar-refractivity contribution < 1.29 is 19.1 Å². The maximum atomic E-state index is 12.6. The SMILES string of the molecule is O=C1CN(Cc2ccc3c(c2)OCO3)C(=O)C1SCCc1ccccc1. The summed E-state index contributed by atoms with van der Waals surface area (Å²) in [6, 6.07) is 15.7. The number of carbonyl (C=O) groups excluding carboxylic acids is 2. The molecule has 2 aliphatic heterocycles. The minimum Gasteiger partial charge on any atom is -0.454 e. The summed E-state index contributed by atoms with van der Waals surface area (Å²) in [5, 5.41) is -0.576. The summed E-state index contributed by atoms with van der Waals surface area (Å²) in [4.78, 5) is 26.5. The van der Waals surface area contributed by atoms with Crippen LogP contribution in [0.2, 0.25) is 0 Å². The molecule has 0 saturated carbocycles. The van der Waals surface area contributed by atoms with Crippen LogP contribution in [0.15, 0.2) is 48.5 Å². The van der Waals surface area contributed by atoms with Crippen LogP contribution in [-0.4, -0.2) is 40.9 Å². The fourth-order valence-electron chi connectivity index (χ4n) is 3.15. The van der Waals surface area contributed by atoms with Gasteiger partial charge in [0.2, 0.25) is 12.7 Å². The van der Waals surface area contributed by atoms with Gasteiger partial charge in [0, 0.05) is 6.54 Å². The molecule has 0 aliphatic carbocycles. The number of amides is 1. The van der Waals surface area contributed by atoms with Crippen molar-refractivity contribution in [3.8, 4) is 11.5 Å². The van der Waals surface area contributed by atoms with Crippen LogP contribution >= 0.6 is 11.8 Å². The third-order valence-electron chi connectivity index (χ3n) is 4.50. The van der Waals surface area contributed by atoms with Crippen molar-refractivity contribution >= 4 is 23.5 Å². The summed E-state index contributed by atoms with van der Waals surface area (Å²) in [6.45, 7) is 0.813. The van der Waals surface area contributed by atoms with Crippen LogP contribution in [0.3, 0.4) is 0 Å². The molecule has 0 radical (unpaired) electrons. The van der Waals surface area contributed by atoms with Gasteiger partial charge in [-0.25, -0.2) is 0 Å². The molecule has 0 spiro atoms. The molecule has 0 N–H and O–H groups in total. The Balaban J connectivity index is 1.34. The lowest BCUT2D eigenvalue weighted by Gasteiger charge is -2.16. The van der Waals surface area contributed by atoms with Crippen molar-refractivity contribution in [3.05, 3.63) is 59.7 Å². The van der Waals surface area contributed by atoms with E-state index in [2.05, 4.69) is 12.1 Å². The molecule has 5 nitrogen and oxygen atoms in total. The van der Waals surface area contributed by atoms with Crippen LogP contribution in [0.25, 0.3) is 0 Å². The van der Waals surface area contributed by atoms with E-state index in [9.17, 15) is 9.59 Å². The molecule has 0 bridgehead atoms. The van der Waals surface area contributed by atoms with Gasteiger partial charge in [-0.3, -0.25) is 9.59 Å². The number of fused-ring (bicyclic) bond motifs is 1. The fourth-order valence-corrected chi connectivity index (χ4v) is 4.29. The Hall–Kier alpha value is -2.47. The van der Waals surface area contributed by atoms with Crippen LogP contribution < -0.4 is 9.47 Å². The van der Waals surface area contributed by atoms with Gasteiger partial charge in [0.25, 0.3) is 0 Å². The highest BCUT2D eigenvalue weighted by molar-refractivity contribution is 8.01. The molecule has 2 heterocycles. The first-order valence-corrected chi connectivity index (χ1v) is 9.61. The normalized spacial score (nSPS) is 18.6. The number of hydrogen-bond donors (Lipinski definition) is 0. The molecule has 2 aromatic carbocycles. The first kappa shape index (κ1) is 17.0. The monoisotopic (exact) mass is 369 g/mol. The lowest BCUT2D eigenvalue weighted by Crippen LogP contribution is -2.28. The lowest BCUT2D eigenvalue weighted by molar-refractivity contribution is -0.127. The largest absolute Gasteiger partial charge is 0.454 e. The molecule has 2 aromatic rings. The van der Waals surface area contributed by atoms with Gasteiger partial charge in [-0.1, -0.05) is 36.4 Å². The lowest BCUT2D eigenvalue weighted by atomic mass is 10.2. The molecule has 2 aliphatic rings. The zero-order chi connectivity index (χ0) is 17.9. The Morgan fingerprint density at radius 3 is 2.65 bits per heavy atom. The number of thioether (sulfide) groups is 1. The van der Waals surface area contributed by atoms with Gasteiger partial charge in [0.1, 0.15) is 5.25 Å². The minimum atomic E-state index is -0.576. The quantitative estimate of drug-likeness (QED) is 0.733. The van der Waals surface area contributed by atoms with Crippen LogP contribution in [0.1, 0.15) is 11.1 Å². The van der Waals surface area contributed by atoms with Crippen molar-refractivity contribution in [2.45, 2.75) is 18.2 Å². The topological polar surface area (TPSA) is 55.8 Å². The zero-order valence-corrected chi connectivity index (χ0v) is 15.0. The van der Waals surface area contributed by atoms with Crippen molar-refractivity contribution in [1.29, 1.82) is 0 Å². The Bertz CT molecular complexity index is 824. The molecule has 1 unspecified atom stereocenters. The molecule has 1 saturated heterocycles. The van der Waals surface area contributed by atoms with Gasteiger partial charge in [-0.05, 0) is 35.4 Å². The standard InChI is InChI=1S/C20H19NO4S/c22-16-12-21(11-15-6-7-17-18(10-15)25-13-24-17)20(23)19(16)26-9-8-14-4-2-1-3-5-14/h1-7,10,19H,8-9,11-13H2. The second-order valence-corrected chi connectivity index (χ2v) is 7.55. The molecular weight excluding hydrogens is 350 g/mol. The van der Waals surface area contributed by atoms with Gasteiger partial charge < -0.3 is 14.4 Å². The molecule has 1 atom stereocenters. The Morgan fingerprint density at radius 1 is 1.00 bits per heavy atom. The molecule has 26 heavy (non-hydrogen) atoms. The van der Waals surface area contributed by atoms with Crippen molar-refractivity contribution in [3.63, 3.8) is 0 Å². The number of benzene rings is 2. The maximum absolute atomic E-state index is 12.6. The van der Waals surface area contributed by atoms with E-state index in [0.29, 0.717) is 18.0 Å². The Morgan fingerprint density at radius 2 is 1.81 bits per heavy atom. The van der Waals surface area contributed by atoms with Crippen LogP contribution in [0.5, 0.6) is 11.5 Å². The van der Waals surface area contributed by atoms with Crippen LogP contribution in [-0.2, 0) is 22.6 Å². The van der Waals surface area contributed by atoms with Crippen LogP contribution in [0, 0.1) is 0 Å².